The lowest BCUT2D eigenvalue weighted by Crippen LogP contribution is -2.46. The highest BCUT2D eigenvalue weighted by Gasteiger charge is 2.27. The fourth-order valence-corrected chi connectivity index (χ4v) is 2.87. The molecule has 0 unspecified atom stereocenters. The fraction of sp³-hybridized carbons (Fsp3) is 0.588. The Labute approximate surface area is 134 Å². The summed E-state index contributed by atoms with van der Waals surface area (Å²) < 4.78 is 0. The molecule has 1 aromatic carbocycles. The number of carbonyl (C=O) groups is 1. The third kappa shape index (κ3) is 5.68. The van der Waals surface area contributed by atoms with E-state index in [1.807, 2.05) is 13.8 Å². The van der Waals surface area contributed by atoms with Crippen molar-refractivity contribution in [3.8, 4) is 0 Å². The van der Waals surface area contributed by atoms with E-state index in [0.29, 0.717) is 12.5 Å². The van der Waals surface area contributed by atoms with Gasteiger partial charge < -0.3 is 11.1 Å². The number of nitrogens with one attached hydrogen (secondary N) is 1. The number of hydrogen-bond donors (Lipinski definition) is 2. The maximum Gasteiger partial charge on any atom is 0.223 e. The van der Waals surface area contributed by atoms with Crippen LogP contribution in [0.3, 0.4) is 0 Å². The lowest BCUT2D eigenvalue weighted by molar-refractivity contribution is -0.126. The first kappa shape index (κ1) is 18.0. The minimum Gasteiger partial charge on any atom is -0.354 e. The third-order valence-electron chi connectivity index (χ3n) is 4.09. The molecule has 4 heteroatoms. The van der Waals surface area contributed by atoms with Gasteiger partial charge >= 0.3 is 0 Å². The molecule has 0 spiro atoms. The normalized spacial score (nSPS) is 22.2. The van der Waals surface area contributed by atoms with Crippen LogP contribution in [0.15, 0.2) is 30.3 Å². The summed E-state index contributed by atoms with van der Waals surface area (Å²) in [4.78, 5) is 12.1. The smallest absolute Gasteiger partial charge is 0.223 e. The second kappa shape index (κ2) is 7.81. The van der Waals surface area contributed by atoms with Gasteiger partial charge in [0, 0.05) is 18.0 Å². The highest BCUT2D eigenvalue weighted by Crippen LogP contribution is 2.35. The third-order valence-corrected chi connectivity index (χ3v) is 4.09. The Kier molecular flexibility index (Phi) is 6.69. The quantitative estimate of drug-likeness (QED) is 0.897. The Morgan fingerprint density at radius 3 is 2.29 bits per heavy atom. The van der Waals surface area contributed by atoms with Crippen molar-refractivity contribution < 1.29 is 4.79 Å². The molecule has 2 rings (SSSR count). The first-order valence-corrected chi connectivity index (χ1v) is 7.57. The van der Waals surface area contributed by atoms with E-state index in [2.05, 4.69) is 35.6 Å². The van der Waals surface area contributed by atoms with Crippen LogP contribution in [0.5, 0.6) is 0 Å². The Hall–Kier alpha value is -1.06. The molecule has 3 nitrogen and oxygen atoms in total. The molecule has 1 fully saturated rings. The topological polar surface area (TPSA) is 55.1 Å². The van der Waals surface area contributed by atoms with E-state index < -0.39 is 0 Å². The summed E-state index contributed by atoms with van der Waals surface area (Å²) in [7, 11) is 0. The molecule has 0 radical (unpaired) electrons. The van der Waals surface area contributed by atoms with Gasteiger partial charge in [-0.15, -0.1) is 12.4 Å². The van der Waals surface area contributed by atoms with Gasteiger partial charge in [0.1, 0.15) is 0 Å². The maximum atomic E-state index is 12.1. The monoisotopic (exact) mass is 310 g/mol. The van der Waals surface area contributed by atoms with Crippen LogP contribution in [-0.2, 0) is 4.79 Å². The first-order chi connectivity index (χ1) is 9.46. The number of nitrogens with two attached hydrogens (primary N) is 1. The molecule has 1 aliphatic rings. The second-order valence-electron chi connectivity index (χ2n) is 6.67. The molecule has 0 aromatic heterocycles. The van der Waals surface area contributed by atoms with Gasteiger partial charge in [-0.3, -0.25) is 4.79 Å². The standard InChI is InChI=1S/C17H26N2O.ClH/c1-17(2,18)12-19-16(20)15-10-8-14(9-11-15)13-6-4-3-5-7-13;/h3-7,14-15H,8-12,18H2,1-2H3,(H,19,20);1H. The predicted molar refractivity (Wildman–Crippen MR) is 89.7 cm³/mol. The largest absolute Gasteiger partial charge is 0.354 e. The van der Waals surface area contributed by atoms with Crippen molar-refractivity contribution >= 4 is 18.3 Å². The van der Waals surface area contributed by atoms with Crippen molar-refractivity contribution in [2.45, 2.75) is 51.0 Å². The average molecular weight is 311 g/mol. The molecular formula is C17H27ClN2O. The number of amides is 1. The minimum absolute atomic E-state index is 0. The van der Waals surface area contributed by atoms with E-state index in [4.69, 9.17) is 5.73 Å². The Morgan fingerprint density at radius 1 is 1.19 bits per heavy atom. The molecular weight excluding hydrogens is 284 g/mol. The Morgan fingerprint density at radius 2 is 1.76 bits per heavy atom. The van der Waals surface area contributed by atoms with Gasteiger partial charge in [-0.1, -0.05) is 30.3 Å². The molecule has 0 bridgehead atoms. The summed E-state index contributed by atoms with van der Waals surface area (Å²) in [6.07, 6.45) is 4.18. The molecule has 21 heavy (non-hydrogen) atoms. The van der Waals surface area contributed by atoms with Crippen molar-refractivity contribution in [3.05, 3.63) is 35.9 Å². The zero-order valence-electron chi connectivity index (χ0n) is 13.0. The second-order valence-corrected chi connectivity index (χ2v) is 6.67. The SMILES string of the molecule is CC(C)(N)CNC(=O)C1CCC(c2ccccc2)CC1.Cl. The summed E-state index contributed by atoms with van der Waals surface area (Å²) in [5.41, 5.74) is 6.97. The van der Waals surface area contributed by atoms with E-state index in [9.17, 15) is 4.79 Å². The maximum absolute atomic E-state index is 12.1. The summed E-state index contributed by atoms with van der Waals surface area (Å²) in [6, 6.07) is 10.6. The molecule has 118 valence electrons. The number of hydrogen-bond acceptors (Lipinski definition) is 2. The molecule has 0 heterocycles. The zero-order valence-corrected chi connectivity index (χ0v) is 13.8. The molecule has 3 N–H and O–H groups in total. The summed E-state index contributed by atoms with van der Waals surface area (Å²) in [5.74, 6) is 0.957. The van der Waals surface area contributed by atoms with Gasteiger partial charge in [0.15, 0.2) is 0 Å². The number of benzene rings is 1. The van der Waals surface area contributed by atoms with Crippen LogP contribution in [-0.4, -0.2) is 18.0 Å². The van der Waals surface area contributed by atoms with Crippen LogP contribution in [0.25, 0.3) is 0 Å². The van der Waals surface area contributed by atoms with Crippen LogP contribution in [0.4, 0.5) is 0 Å². The van der Waals surface area contributed by atoms with Crippen LogP contribution in [0.1, 0.15) is 51.0 Å². The van der Waals surface area contributed by atoms with Crippen molar-refractivity contribution in [1.29, 1.82) is 0 Å². The molecule has 1 amide bonds. The first-order valence-electron chi connectivity index (χ1n) is 7.57. The Balaban J connectivity index is 0.00000220. The van der Waals surface area contributed by atoms with E-state index in [0.717, 1.165) is 25.7 Å². The molecule has 1 saturated carbocycles. The zero-order chi connectivity index (χ0) is 14.6. The Bertz CT molecular complexity index is 434. The number of rotatable bonds is 4. The van der Waals surface area contributed by atoms with Crippen molar-refractivity contribution in [2.24, 2.45) is 11.7 Å². The van der Waals surface area contributed by atoms with Crippen LogP contribution in [0.2, 0.25) is 0 Å². The van der Waals surface area contributed by atoms with Gasteiger partial charge in [0.05, 0.1) is 0 Å². The van der Waals surface area contributed by atoms with Gasteiger partial charge in [-0.25, -0.2) is 0 Å². The van der Waals surface area contributed by atoms with E-state index in [1.54, 1.807) is 0 Å². The van der Waals surface area contributed by atoms with Gasteiger partial charge in [0.2, 0.25) is 5.91 Å². The molecule has 0 aliphatic heterocycles. The number of carbonyl (C=O) groups excluding carboxylic acids is 1. The molecule has 1 aromatic rings. The van der Waals surface area contributed by atoms with E-state index in [-0.39, 0.29) is 29.8 Å². The predicted octanol–water partition coefficient (Wildman–Crippen LogP) is 3.24. The van der Waals surface area contributed by atoms with Crippen LogP contribution < -0.4 is 11.1 Å². The molecule has 0 atom stereocenters. The van der Waals surface area contributed by atoms with E-state index in [1.165, 1.54) is 5.56 Å². The van der Waals surface area contributed by atoms with Crippen LogP contribution >= 0.6 is 12.4 Å². The highest BCUT2D eigenvalue weighted by atomic mass is 35.5. The minimum atomic E-state index is -0.336. The van der Waals surface area contributed by atoms with Gasteiger partial charge in [-0.05, 0) is 51.0 Å². The molecule has 1 aliphatic carbocycles. The highest BCUT2D eigenvalue weighted by molar-refractivity contribution is 5.85. The summed E-state index contributed by atoms with van der Waals surface area (Å²) in [6.45, 7) is 4.41. The average Bonchev–Trinajstić information content (AvgIpc) is 2.45. The lowest BCUT2D eigenvalue weighted by atomic mass is 9.78. The lowest BCUT2D eigenvalue weighted by Gasteiger charge is -2.29. The van der Waals surface area contributed by atoms with E-state index >= 15 is 0 Å². The van der Waals surface area contributed by atoms with Crippen molar-refractivity contribution in [3.63, 3.8) is 0 Å². The van der Waals surface area contributed by atoms with Gasteiger partial charge in [-0.2, -0.15) is 0 Å². The van der Waals surface area contributed by atoms with Crippen LogP contribution in [0, 0.1) is 5.92 Å². The number of halogens is 1. The van der Waals surface area contributed by atoms with Gasteiger partial charge in [0.25, 0.3) is 0 Å². The fourth-order valence-electron chi connectivity index (χ4n) is 2.87. The van der Waals surface area contributed by atoms with Crippen molar-refractivity contribution in [2.75, 3.05) is 6.54 Å². The summed E-state index contributed by atoms with van der Waals surface area (Å²) in [5, 5.41) is 2.98. The summed E-state index contributed by atoms with van der Waals surface area (Å²) >= 11 is 0. The van der Waals surface area contributed by atoms with Crippen molar-refractivity contribution in [1.82, 2.24) is 5.32 Å². The molecule has 0 saturated heterocycles.